The first-order chi connectivity index (χ1) is 16.8. The molecule has 1 aliphatic rings. The Labute approximate surface area is 216 Å². The number of thiophene rings is 1. The van der Waals surface area contributed by atoms with Gasteiger partial charge in [0.25, 0.3) is 10.0 Å². The number of thiazole rings is 1. The summed E-state index contributed by atoms with van der Waals surface area (Å²) in [7, 11) is -3.73. The van der Waals surface area contributed by atoms with Gasteiger partial charge in [0.2, 0.25) is 5.91 Å². The molecule has 190 valence electrons. The lowest BCUT2D eigenvalue weighted by molar-refractivity contribution is -0.123. The smallest absolute Gasteiger partial charge is 0.253 e. The third kappa shape index (κ3) is 5.32. The minimum atomic E-state index is -3.73. The molecule has 0 bridgehead atoms. The van der Waals surface area contributed by atoms with E-state index in [1.165, 1.54) is 27.0 Å². The standard InChI is InChI=1S/C25H34N4O3S3/c1-5-27(6-2)15-16-28(25-26-23-19(4)18(3)12-13-21(23)34-25)24(30)20-10-7-8-14-29(20)35(31,32)22-11-9-17-33-22/h9,11-13,17,20H,5-8,10,14-16H2,1-4H3. The predicted molar refractivity (Wildman–Crippen MR) is 145 cm³/mol. The summed E-state index contributed by atoms with van der Waals surface area (Å²) in [6.07, 6.45) is 2.11. The van der Waals surface area contributed by atoms with E-state index in [0.29, 0.717) is 31.2 Å². The Morgan fingerprint density at radius 1 is 1.14 bits per heavy atom. The summed E-state index contributed by atoms with van der Waals surface area (Å²) in [5.74, 6) is -0.176. The molecule has 0 N–H and O–H groups in total. The van der Waals surface area contributed by atoms with Crippen LogP contribution in [0.15, 0.2) is 33.9 Å². The molecule has 1 unspecified atom stereocenters. The van der Waals surface area contributed by atoms with Gasteiger partial charge in [-0.1, -0.05) is 43.7 Å². The number of fused-ring (bicyclic) bond motifs is 1. The molecule has 3 aromatic rings. The second-order valence-corrected chi connectivity index (χ2v) is 13.0. The molecule has 0 aliphatic carbocycles. The quantitative estimate of drug-likeness (QED) is 0.391. The lowest BCUT2D eigenvalue weighted by atomic mass is 10.0. The number of amides is 1. The zero-order valence-electron chi connectivity index (χ0n) is 20.9. The average molecular weight is 535 g/mol. The van der Waals surface area contributed by atoms with Crippen LogP contribution in [0.4, 0.5) is 5.13 Å². The molecule has 1 amide bonds. The summed E-state index contributed by atoms with van der Waals surface area (Å²) in [4.78, 5) is 23.0. The Bertz CT molecular complexity index is 1270. The number of carbonyl (C=O) groups is 1. The number of sulfonamides is 1. The summed E-state index contributed by atoms with van der Waals surface area (Å²) in [6, 6.07) is 6.77. The van der Waals surface area contributed by atoms with Gasteiger partial charge in [0, 0.05) is 19.6 Å². The zero-order chi connectivity index (χ0) is 25.2. The molecule has 0 spiro atoms. The van der Waals surface area contributed by atoms with E-state index in [-0.39, 0.29) is 10.1 Å². The fourth-order valence-electron chi connectivity index (χ4n) is 4.56. The molecule has 1 saturated heterocycles. The number of benzene rings is 1. The SMILES string of the molecule is CCN(CC)CCN(C(=O)C1CCCCN1S(=O)(=O)c1cccs1)c1nc2c(C)c(C)ccc2s1. The van der Waals surface area contributed by atoms with Crippen LogP contribution in [0.3, 0.4) is 0 Å². The number of carbonyl (C=O) groups excluding carboxylic acids is 1. The Morgan fingerprint density at radius 2 is 1.91 bits per heavy atom. The maximum absolute atomic E-state index is 14.1. The van der Waals surface area contributed by atoms with E-state index in [2.05, 4.69) is 44.7 Å². The van der Waals surface area contributed by atoms with Gasteiger partial charge in [0.15, 0.2) is 5.13 Å². The van der Waals surface area contributed by atoms with E-state index in [1.54, 1.807) is 22.4 Å². The van der Waals surface area contributed by atoms with Gasteiger partial charge < -0.3 is 4.90 Å². The van der Waals surface area contributed by atoms with Gasteiger partial charge in [-0.2, -0.15) is 4.31 Å². The molecule has 1 aromatic carbocycles. The molecule has 1 fully saturated rings. The second kappa shape index (κ2) is 11.0. The van der Waals surface area contributed by atoms with Crippen LogP contribution in [-0.2, 0) is 14.8 Å². The molecule has 0 saturated carbocycles. The Kier molecular flexibility index (Phi) is 8.27. The molecule has 10 heteroatoms. The largest absolute Gasteiger partial charge is 0.302 e. The molecular weight excluding hydrogens is 501 g/mol. The van der Waals surface area contributed by atoms with Crippen LogP contribution in [0.25, 0.3) is 10.2 Å². The zero-order valence-corrected chi connectivity index (χ0v) is 23.3. The maximum Gasteiger partial charge on any atom is 0.253 e. The molecule has 3 heterocycles. The Hall–Kier alpha value is -1.85. The number of nitrogens with zero attached hydrogens (tertiary/aromatic N) is 4. The van der Waals surface area contributed by atoms with Crippen molar-refractivity contribution in [2.75, 3.05) is 37.6 Å². The van der Waals surface area contributed by atoms with Gasteiger partial charge in [-0.05, 0) is 68.4 Å². The molecule has 0 radical (unpaired) electrons. The van der Waals surface area contributed by atoms with E-state index in [1.807, 2.05) is 0 Å². The number of anilines is 1. The van der Waals surface area contributed by atoms with Crippen molar-refractivity contribution in [2.45, 2.75) is 57.2 Å². The highest BCUT2D eigenvalue weighted by Gasteiger charge is 2.40. The van der Waals surface area contributed by atoms with Crippen molar-refractivity contribution in [1.29, 1.82) is 0 Å². The topological polar surface area (TPSA) is 73.8 Å². The molecule has 7 nitrogen and oxygen atoms in total. The molecule has 1 atom stereocenters. The molecule has 35 heavy (non-hydrogen) atoms. The summed E-state index contributed by atoms with van der Waals surface area (Å²) >= 11 is 2.70. The van der Waals surface area contributed by atoms with Crippen LogP contribution in [0.1, 0.15) is 44.2 Å². The predicted octanol–water partition coefficient (Wildman–Crippen LogP) is 4.89. The van der Waals surface area contributed by atoms with Crippen LogP contribution in [-0.4, -0.2) is 67.3 Å². The minimum absolute atomic E-state index is 0.176. The molecule has 2 aromatic heterocycles. The lowest BCUT2D eigenvalue weighted by Crippen LogP contribution is -2.54. The van der Waals surface area contributed by atoms with Crippen LogP contribution < -0.4 is 4.90 Å². The fourth-order valence-corrected chi connectivity index (χ4v) is 8.38. The third-order valence-corrected chi connectivity index (χ3v) is 11.2. The van der Waals surface area contributed by atoms with Gasteiger partial charge >= 0.3 is 0 Å². The summed E-state index contributed by atoms with van der Waals surface area (Å²) in [5.41, 5.74) is 3.19. The fraction of sp³-hybridized carbons (Fsp3) is 0.520. The van der Waals surface area contributed by atoms with Crippen molar-refractivity contribution in [3.05, 3.63) is 40.8 Å². The maximum atomic E-state index is 14.1. The van der Waals surface area contributed by atoms with Gasteiger partial charge in [-0.25, -0.2) is 13.4 Å². The Balaban J connectivity index is 1.72. The summed E-state index contributed by atoms with van der Waals surface area (Å²) < 4.78 is 29.7. The number of likely N-dealkylation sites (N-methyl/N-ethyl adjacent to an activating group) is 1. The molecule has 1 aliphatic heterocycles. The van der Waals surface area contributed by atoms with Crippen molar-refractivity contribution in [1.82, 2.24) is 14.2 Å². The van der Waals surface area contributed by atoms with Gasteiger partial charge in [-0.3, -0.25) is 9.69 Å². The number of piperidine rings is 1. The van der Waals surface area contributed by atoms with Crippen molar-refractivity contribution in [2.24, 2.45) is 0 Å². The van der Waals surface area contributed by atoms with E-state index in [4.69, 9.17) is 4.98 Å². The number of hydrogen-bond donors (Lipinski definition) is 0. The first-order valence-corrected chi connectivity index (χ1v) is 15.4. The van der Waals surface area contributed by atoms with Crippen molar-refractivity contribution < 1.29 is 13.2 Å². The monoisotopic (exact) mass is 534 g/mol. The first-order valence-electron chi connectivity index (χ1n) is 12.2. The van der Waals surface area contributed by atoms with E-state index in [9.17, 15) is 13.2 Å². The van der Waals surface area contributed by atoms with Crippen molar-refractivity contribution in [3.8, 4) is 0 Å². The highest BCUT2D eigenvalue weighted by molar-refractivity contribution is 7.91. The summed E-state index contributed by atoms with van der Waals surface area (Å²) in [5, 5.41) is 2.40. The van der Waals surface area contributed by atoms with E-state index in [0.717, 1.165) is 47.3 Å². The van der Waals surface area contributed by atoms with Crippen molar-refractivity contribution in [3.63, 3.8) is 0 Å². The molecule has 4 rings (SSSR count). The van der Waals surface area contributed by atoms with Gasteiger partial charge in [0.05, 0.1) is 10.2 Å². The van der Waals surface area contributed by atoms with Crippen molar-refractivity contribution >= 4 is 54.0 Å². The third-order valence-electron chi connectivity index (χ3n) is 6.90. The normalized spacial score (nSPS) is 17.3. The number of hydrogen-bond acceptors (Lipinski definition) is 7. The minimum Gasteiger partial charge on any atom is -0.302 e. The van der Waals surface area contributed by atoms with Crippen LogP contribution in [0, 0.1) is 13.8 Å². The Morgan fingerprint density at radius 3 is 2.60 bits per heavy atom. The van der Waals surface area contributed by atoms with Crippen LogP contribution in [0.2, 0.25) is 0 Å². The van der Waals surface area contributed by atoms with Crippen LogP contribution >= 0.6 is 22.7 Å². The highest BCUT2D eigenvalue weighted by Crippen LogP contribution is 2.34. The molecular formula is C25H34N4O3S3. The number of aryl methyl sites for hydroxylation is 2. The number of aromatic nitrogens is 1. The highest BCUT2D eigenvalue weighted by atomic mass is 32.2. The average Bonchev–Trinajstić information content (AvgIpc) is 3.55. The van der Waals surface area contributed by atoms with E-state index < -0.39 is 16.1 Å². The van der Waals surface area contributed by atoms with Crippen LogP contribution in [0.5, 0.6) is 0 Å². The summed E-state index contributed by atoms with van der Waals surface area (Å²) in [6.45, 7) is 11.6. The first kappa shape index (κ1) is 26.2. The van der Waals surface area contributed by atoms with Gasteiger partial charge in [-0.15, -0.1) is 11.3 Å². The second-order valence-electron chi connectivity index (χ2n) is 8.93. The van der Waals surface area contributed by atoms with E-state index >= 15 is 0 Å². The lowest BCUT2D eigenvalue weighted by Gasteiger charge is -2.36. The van der Waals surface area contributed by atoms with Gasteiger partial charge in [0.1, 0.15) is 10.3 Å². The number of rotatable bonds is 9.